The molecule has 26 heavy (non-hydrogen) atoms. The molecule has 0 saturated carbocycles. The van der Waals surface area contributed by atoms with Crippen LogP contribution < -0.4 is 9.47 Å². The molecule has 1 aromatic heterocycles. The van der Waals surface area contributed by atoms with Crippen LogP contribution in [0.3, 0.4) is 0 Å². The average Bonchev–Trinajstić information content (AvgIpc) is 3.05. The van der Waals surface area contributed by atoms with Crippen molar-refractivity contribution in [1.82, 2.24) is 0 Å². The van der Waals surface area contributed by atoms with E-state index in [9.17, 15) is 5.11 Å². The third-order valence-corrected chi connectivity index (χ3v) is 4.40. The fourth-order valence-corrected chi connectivity index (χ4v) is 3.23. The smallest absolute Gasteiger partial charge is 0.147 e. The molecule has 4 aromatic rings. The molecule has 130 valence electrons. The Kier molecular flexibility index (Phi) is 4.01. The van der Waals surface area contributed by atoms with Crippen molar-refractivity contribution in [2.45, 2.75) is 0 Å². The van der Waals surface area contributed by atoms with Crippen molar-refractivity contribution in [1.29, 1.82) is 0 Å². The molecule has 4 nitrogen and oxygen atoms in total. The summed E-state index contributed by atoms with van der Waals surface area (Å²) < 4.78 is 17.3. The number of aromatic hydroxyl groups is 1. The van der Waals surface area contributed by atoms with E-state index in [2.05, 4.69) is 0 Å². The molecule has 0 fully saturated rings. The van der Waals surface area contributed by atoms with Crippen LogP contribution in [0.5, 0.6) is 17.2 Å². The van der Waals surface area contributed by atoms with Crippen LogP contribution in [0.15, 0.2) is 71.1 Å². The lowest BCUT2D eigenvalue weighted by Gasteiger charge is -2.11. The monoisotopic (exact) mass is 346 g/mol. The summed E-state index contributed by atoms with van der Waals surface area (Å²) in [4.78, 5) is 0. The third-order valence-electron chi connectivity index (χ3n) is 4.40. The fraction of sp³-hybridized carbons (Fsp3) is 0.0909. The molecule has 0 aliphatic rings. The molecule has 0 unspecified atom stereocenters. The van der Waals surface area contributed by atoms with E-state index in [0.717, 1.165) is 27.8 Å². The quantitative estimate of drug-likeness (QED) is 0.531. The van der Waals surface area contributed by atoms with Crippen LogP contribution in [0.4, 0.5) is 0 Å². The number of hydrogen-bond donors (Lipinski definition) is 1. The van der Waals surface area contributed by atoms with Gasteiger partial charge in [0.15, 0.2) is 0 Å². The van der Waals surface area contributed by atoms with Crippen LogP contribution in [0.2, 0.25) is 0 Å². The first-order valence-electron chi connectivity index (χ1n) is 8.25. The molecular weight excluding hydrogens is 328 g/mol. The van der Waals surface area contributed by atoms with Gasteiger partial charge < -0.3 is 19.0 Å². The summed E-state index contributed by atoms with van der Waals surface area (Å²) in [6.45, 7) is 0. The zero-order valence-electron chi connectivity index (χ0n) is 14.5. The van der Waals surface area contributed by atoms with Crippen molar-refractivity contribution in [3.8, 4) is 39.7 Å². The van der Waals surface area contributed by atoms with Crippen LogP contribution in [0.25, 0.3) is 33.4 Å². The Labute approximate surface area is 151 Å². The summed E-state index contributed by atoms with van der Waals surface area (Å²) in [6, 6.07) is 20.6. The van der Waals surface area contributed by atoms with E-state index in [-0.39, 0.29) is 5.75 Å². The SMILES string of the molecule is COc1ccccc1-c1oc2cc(O)ccc2c1-c1ccccc1OC. The van der Waals surface area contributed by atoms with E-state index in [1.54, 1.807) is 26.4 Å². The summed E-state index contributed by atoms with van der Waals surface area (Å²) in [5.74, 6) is 2.29. The highest BCUT2D eigenvalue weighted by Crippen LogP contribution is 2.46. The number of rotatable bonds is 4. The normalized spacial score (nSPS) is 10.8. The van der Waals surface area contributed by atoms with E-state index in [4.69, 9.17) is 13.9 Å². The highest BCUT2D eigenvalue weighted by molar-refractivity contribution is 6.04. The maximum Gasteiger partial charge on any atom is 0.147 e. The minimum Gasteiger partial charge on any atom is -0.508 e. The number of fused-ring (bicyclic) bond motifs is 1. The van der Waals surface area contributed by atoms with Crippen molar-refractivity contribution in [2.75, 3.05) is 14.2 Å². The van der Waals surface area contributed by atoms with Crippen molar-refractivity contribution < 1.29 is 19.0 Å². The van der Waals surface area contributed by atoms with Crippen LogP contribution >= 0.6 is 0 Å². The van der Waals surface area contributed by atoms with E-state index in [1.165, 1.54) is 0 Å². The topological polar surface area (TPSA) is 51.8 Å². The lowest BCUT2D eigenvalue weighted by molar-refractivity contribution is 0.414. The lowest BCUT2D eigenvalue weighted by Crippen LogP contribution is -1.90. The molecule has 0 saturated heterocycles. The summed E-state index contributed by atoms with van der Waals surface area (Å²) in [7, 11) is 3.28. The van der Waals surface area contributed by atoms with Gasteiger partial charge in [-0.15, -0.1) is 0 Å². The van der Waals surface area contributed by atoms with Crippen molar-refractivity contribution >= 4 is 11.0 Å². The van der Waals surface area contributed by atoms with Crippen LogP contribution in [-0.2, 0) is 0 Å². The van der Waals surface area contributed by atoms with Gasteiger partial charge >= 0.3 is 0 Å². The van der Waals surface area contributed by atoms with Gasteiger partial charge in [-0.25, -0.2) is 0 Å². The van der Waals surface area contributed by atoms with E-state index >= 15 is 0 Å². The second kappa shape index (κ2) is 6.48. The number of benzene rings is 3. The Morgan fingerprint density at radius 2 is 1.38 bits per heavy atom. The zero-order valence-corrected chi connectivity index (χ0v) is 14.5. The zero-order chi connectivity index (χ0) is 18.1. The predicted molar refractivity (Wildman–Crippen MR) is 102 cm³/mol. The second-order valence-corrected chi connectivity index (χ2v) is 5.89. The molecule has 1 heterocycles. The Morgan fingerprint density at radius 3 is 2.08 bits per heavy atom. The Bertz CT molecular complexity index is 1080. The molecule has 1 N–H and O–H groups in total. The van der Waals surface area contributed by atoms with Crippen molar-refractivity contribution in [3.05, 3.63) is 66.7 Å². The first kappa shape index (κ1) is 16.1. The minimum atomic E-state index is 0.157. The second-order valence-electron chi connectivity index (χ2n) is 5.89. The molecule has 3 aromatic carbocycles. The van der Waals surface area contributed by atoms with Gasteiger partial charge in [0.25, 0.3) is 0 Å². The number of furan rings is 1. The summed E-state index contributed by atoms with van der Waals surface area (Å²) in [5.41, 5.74) is 3.26. The number of methoxy groups -OCH3 is 2. The molecular formula is C22H18O4. The summed E-state index contributed by atoms with van der Waals surface area (Å²) >= 11 is 0. The molecule has 0 radical (unpaired) electrons. The van der Waals surface area contributed by atoms with Gasteiger partial charge in [-0.3, -0.25) is 0 Å². The minimum absolute atomic E-state index is 0.157. The van der Waals surface area contributed by atoms with Gasteiger partial charge in [0.2, 0.25) is 0 Å². The van der Waals surface area contributed by atoms with Crippen LogP contribution in [0.1, 0.15) is 0 Å². The van der Waals surface area contributed by atoms with E-state index in [1.807, 2.05) is 54.6 Å². The molecule has 0 spiro atoms. The third kappa shape index (κ3) is 2.56. The molecule has 0 aliphatic carbocycles. The number of ether oxygens (including phenoxy) is 2. The van der Waals surface area contributed by atoms with Crippen molar-refractivity contribution in [2.24, 2.45) is 0 Å². The van der Waals surface area contributed by atoms with Gasteiger partial charge in [0, 0.05) is 22.6 Å². The maximum absolute atomic E-state index is 9.86. The van der Waals surface area contributed by atoms with Gasteiger partial charge in [-0.1, -0.05) is 30.3 Å². The van der Waals surface area contributed by atoms with E-state index < -0.39 is 0 Å². The summed E-state index contributed by atoms with van der Waals surface area (Å²) in [5, 5.41) is 10.8. The largest absolute Gasteiger partial charge is 0.508 e. The number of phenolic OH excluding ortho intramolecular Hbond substituents is 1. The number of hydrogen-bond acceptors (Lipinski definition) is 4. The molecule has 0 aliphatic heterocycles. The fourth-order valence-electron chi connectivity index (χ4n) is 3.23. The number of phenols is 1. The molecule has 4 heteroatoms. The predicted octanol–water partition coefficient (Wildman–Crippen LogP) is 5.49. The first-order chi connectivity index (χ1) is 12.7. The Balaban J connectivity index is 2.10. The molecule has 0 amide bonds. The van der Waals surface area contributed by atoms with Crippen LogP contribution in [0, 0.1) is 0 Å². The van der Waals surface area contributed by atoms with Gasteiger partial charge in [-0.2, -0.15) is 0 Å². The summed E-state index contributed by atoms with van der Waals surface area (Å²) in [6.07, 6.45) is 0. The maximum atomic E-state index is 9.86. The Hall–Kier alpha value is -3.40. The average molecular weight is 346 g/mol. The number of para-hydroxylation sites is 2. The first-order valence-corrected chi connectivity index (χ1v) is 8.25. The van der Waals surface area contributed by atoms with Crippen LogP contribution in [-0.4, -0.2) is 19.3 Å². The van der Waals surface area contributed by atoms with Gasteiger partial charge in [-0.05, 0) is 30.3 Å². The highest BCUT2D eigenvalue weighted by atomic mass is 16.5. The highest BCUT2D eigenvalue weighted by Gasteiger charge is 2.22. The lowest BCUT2D eigenvalue weighted by atomic mass is 9.97. The van der Waals surface area contributed by atoms with Gasteiger partial charge in [0.1, 0.15) is 28.6 Å². The Morgan fingerprint density at radius 1 is 0.769 bits per heavy atom. The molecule has 0 bridgehead atoms. The molecule has 4 rings (SSSR count). The standard InChI is InChI=1S/C22H18O4/c1-24-18-9-5-3-7-15(18)21-16-12-11-14(23)13-20(16)26-22(21)17-8-4-6-10-19(17)25-2/h3-13,23H,1-2H3. The van der Waals surface area contributed by atoms with E-state index in [0.29, 0.717) is 17.1 Å². The van der Waals surface area contributed by atoms with Crippen molar-refractivity contribution in [3.63, 3.8) is 0 Å². The molecule has 0 atom stereocenters. The van der Waals surface area contributed by atoms with Gasteiger partial charge in [0.05, 0.1) is 19.8 Å².